The summed E-state index contributed by atoms with van der Waals surface area (Å²) in [6, 6.07) is 15.2. The van der Waals surface area contributed by atoms with E-state index >= 15 is 0 Å². The van der Waals surface area contributed by atoms with Crippen LogP contribution < -0.4 is 5.32 Å². The first kappa shape index (κ1) is 21.0. The number of halogens is 1. The number of carbonyl (C=O) groups is 2. The van der Waals surface area contributed by atoms with Crippen molar-refractivity contribution in [3.05, 3.63) is 78.0 Å². The first-order valence-corrected chi connectivity index (χ1v) is 9.47. The normalized spacial score (nSPS) is 10.5. The second-order valence-electron chi connectivity index (χ2n) is 6.40. The van der Waals surface area contributed by atoms with Crippen molar-refractivity contribution >= 4 is 12.1 Å². The molecule has 0 atom stereocenters. The zero-order valence-electron chi connectivity index (χ0n) is 16.5. The molecule has 0 fully saturated rings. The molecule has 30 heavy (non-hydrogen) atoms. The third kappa shape index (κ3) is 5.91. The Kier molecular flexibility index (Phi) is 7.15. The van der Waals surface area contributed by atoms with E-state index in [-0.39, 0.29) is 32.1 Å². The van der Waals surface area contributed by atoms with Crippen LogP contribution in [0.2, 0.25) is 0 Å². The molecule has 2 aromatic carbocycles. The van der Waals surface area contributed by atoms with Crippen LogP contribution >= 0.6 is 0 Å². The fourth-order valence-corrected chi connectivity index (χ4v) is 2.76. The maximum atomic E-state index is 13.2. The molecule has 0 radical (unpaired) electrons. The molecular formula is C22H22FN3O4. The molecule has 3 aromatic rings. The van der Waals surface area contributed by atoms with Crippen molar-refractivity contribution in [2.45, 2.75) is 26.6 Å². The molecule has 0 saturated heterocycles. The van der Waals surface area contributed by atoms with E-state index in [9.17, 15) is 14.0 Å². The third-order valence-electron chi connectivity index (χ3n) is 4.21. The van der Waals surface area contributed by atoms with Crippen molar-refractivity contribution < 1.29 is 23.5 Å². The Labute approximate surface area is 173 Å². The minimum Gasteiger partial charge on any atom is -0.465 e. The summed E-state index contributed by atoms with van der Waals surface area (Å²) in [6.07, 6.45) is 1.06. The minimum atomic E-state index is -0.604. The average Bonchev–Trinajstić information content (AvgIpc) is 3.14. The molecule has 1 heterocycles. The Bertz CT molecular complexity index is 987. The van der Waals surface area contributed by atoms with Gasteiger partial charge in [0, 0.05) is 11.8 Å². The standard InChI is InChI=1S/C22H22FN3O4/c1-2-29-21(27)14-26-13-19(17-8-10-18(23)11-9-17)25-20(26)12-24-22(28)30-15-16-6-4-3-5-7-16/h3-11,13H,2,12,14-15H2,1H3,(H,24,28). The first-order valence-electron chi connectivity index (χ1n) is 9.47. The minimum absolute atomic E-state index is 0.0498. The van der Waals surface area contributed by atoms with Crippen molar-refractivity contribution in [2.75, 3.05) is 6.61 Å². The number of amides is 1. The lowest BCUT2D eigenvalue weighted by Gasteiger charge is -2.09. The second-order valence-corrected chi connectivity index (χ2v) is 6.40. The van der Waals surface area contributed by atoms with E-state index < -0.39 is 12.1 Å². The SMILES string of the molecule is CCOC(=O)Cn1cc(-c2ccc(F)cc2)nc1CNC(=O)OCc1ccccc1. The van der Waals surface area contributed by atoms with Crippen LogP contribution in [0.3, 0.4) is 0 Å². The van der Waals surface area contributed by atoms with E-state index in [1.807, 2.05) is 30.3 Å². The fourth-order valence-electron chi connectivity index (χ4n) is 2.76. The van der Waals surface area contributed by atoms with Gasteiger partial charge in [-0.25, -0.2) is 14.2 Å². The second kappa shape index (κ2) is 10.2. The number of benzene rings is 2. The van der Waals surface area contributed by atoms with Gasteiger partial charge in [-0.15, -0.1) is 0 Å². The Morgan fingerprint density at radius 2 is 1.80 bits per heavy atom. The third-order valence-corrected chi connectivity index (χ3v) is 4.21. The van der Waals surface area contributed by atoms with E-state index in [1.54, 1.807) is 29.8 Å². The highest BCUT2D eigenvalue weighted by Crippen LogP contribution is 2.19. The van der Waals surface area contributed by atoms with E-state index in [2.05, 4.69) is 10.3 Å². The quantitative estimate of drug-likeness (QED) is 0.572. The van der Waals surface area contributed by atoms with Crippen molar-refractivity contribution in [3.8, 4) is 11.3 Å². The summed E-state index contributed by atoms with van der Waals surface area (Å²) >= 11 is 0. The zero-order valence-corrected chi connectivity index (χ0v) is 16.5. The largest absolute Gasteiger partial charge is 0.465 e. The fraction of sp³-hybridized carbons (Fsp3) is 0.227. The van der Waals surface area contributed by atoms with E-state index in [0.717, 1.165) is 5.56 Å². The van der Waals surface area contributed by atoms with E-state index in [4.69, 9.17) is 9.47 Å². The summed E-state index contributed by atoms with van der Waals surface area (Å²) in [5.74, 6) is -0.333. The monoisotopic (exact) mass is 411 g/mol. The maximum Gasteiger partial charge on any atom is 0.407 e. The first-order chi connectivity index (χ1) is 14.5. The molecule has 8 heteroatoms. The number of hydrogen-bond donors (Lipinski definition) is 1. The number of esters is 1. The van der Waals surface area contributed by atoms with Gasteiger partial charge in [-0.1, -0.05) is 30.3 Å². The zero-order chi connectivity index (χ0) is 21.3. The van der Waals surface area contributed by atoms with Gasteiger partial charge in [0.15, 0.2) is 0 Å². The smallest absolute Gasteiger partial charge is 0.407 e. The lowest BCUT2D eigenvalue weighted by atomic mass is 10.2. The highest BCUT2D eigenvalue weighted by atomic mass is 19.1. The van der Waals surface area contributed by atoms with Gasteiger partial charge < -0.3 is 19.4 Å². The highest BCUT2D eigenvalue weighted by Gasteiger charge is 2.14. The van der Waals surface area contributed by atoms with Crippen molar-refractivity contribution in [1.82, 2.24) is 14.9 Å². The highest BCUT2D eigenvalue weighted by molar-refractivity contribution is 5.70. The maximum absolute atomic E-state index is 13.2. The van der Waals surface area contributed by atoms with Crippen LogP contribution in [0.4, 0.5) is 9.18 Å². The summed E-state index contributed by atoms with van der Waals surface area (Å²) in [5, 5.41) is 2.63. The van der Waals surface area contributed by atoms with Crippen molar-refractivity contribution in [3.63, 3.8) is 0 Å². The molecule has 156 valence electrons. The lowest BCUT2D eigenvalue weighted by molar-refractivity contribution is -0.143. The number of alkyl carbamates (subject to hydrolysis) is 1. The van der Waals surface area contributed by atoms with Crippen LogP contribution in [0, 0.1) is 5.82 Å². The Morgan fingerprint density at radius 3 is 2.50 bits per heavy atom. The predicted octanol–water partition coefficient (Wildman–Crippen LogP) is 3.68. The van der Waals surface area contributed by atoms with Crippen LogP contribution in [0.1, 0.15) is 18.3 Å². The van der Waals surface area contributed by atoms with Gasteiger partial charge in [-0.3, -0.25) is 4.79 Å². The number of ether oxygens (including phenoxy) is 2. The van der Waals surface area contributed by atoms with E-state index in [1.165, 1.54) is 12.1 Å². The predicted molar refractivity (Wildman–Crippen MR) is 108 cm³/mol. The van der Waals surface area contributed by atoms with Gasteiger partial charge in [0.05, 0.1) is 18.8 Å². The van der Waals surface area contributed by atoms with Crippen LogP contribution in [-0.2, 0) is 34.0 Å². The average molecular weight is 411 g/mol. The van der Waals surface area contributed by atoms with E-state index in [0.29, 0.717) is 17.1 Å². The molecule has 0 spiro atoms. The van der Waals surface area contributed by atoms with Crippen LogP contribution in [0.15, 0.2) is 60.8 Å². The molecular weight excluding hydrogens is 389 g/mol. The lowest BCUT2D eigenvalue weighted by Crippen LogP contribution is -2.26. The molecule has 1 N–H and O–H groups in total. The summed E-state index contributed by atoms with van der Waals surface area (Å²) in [4.78, 5) is 28.4. The summed E-state index contributed by atoms with van der Waals surface area (Å²) < 4.78 is 25.0. The Morgan fingerprint density at radius 1 is 1.07 bits per heavy atom. The van der Waals surface area contributed by atoms with Crippen LogP contribution in [0.5, 0.6) is 0 Å². The number of hydrogen-bond acceptors (Lipinski definition) is 5. The van der Waals surface area contributed by atoms with Crippen molar-refractivity contribution in [1.29, 1.82) is 0 Å². The molecule has 1 amide bonds. The van der Waals surface area contributed by atoms with Gasteiger partial charge in [-0.05, 0) is 36.8 Å². The summed E-state index contributed by atoms with van der Waals surface area (Å²) in [5.41, 5.74) is 2.11. The summed E-state index contributed by atoms with van der Waals surface area (Å²) in [6.45, 7) is 2.12. The molecule has 0 aliphatic carbocycles. The molecule has 0 bridgehead atoms. The molecule has 3 rings (SSSR count). The van der Waals surface area contributed by atoms with Crippen LogP contribution in [0.25, 0.3) is 11.3 Å². The Balaban J connectivity index is 1.68. The number of carbonyl (C=O) groups excluding carboxylic acids is 2. The van der Waals surface area contributed by atoms with Gasteiger partial charge in [0.1, 0.15) is 24.8 Å². The molecule has 0 unspecified atom stereocenters. The van der Waals surface area contributed by atoms with Gasteiger partial charge in [0.25, 0.3) is 0 Å². The van der Waals surface area contributed by atoms with Crippen molar-refractivity contribution in [2.24, 2.45) is 0 Å². The molecule has 1 aromatic heterocycles. The molecule has 0 saturated carbocycles. The Hall–Kier alpha value is -3.68. The number of rotatable bonds is 8. The number of nitrogens with zero attached hydrogens (tertiary/aromatic N) is 2. The van der Waals surface area contributed by atoms with Gasteiger partial charge >= 0.3 is 12.1 Å². The molecule has 7 nitrogen and oxygen atoms in total. The molecule has 0 aliphatic rings. The number of nitrogens with one attached hydrogen (secondary N) is 1. The number of aromatic nitrogens is 2. The van der Waals surface area contributed by atoms with Gasteiger partial charge in [-0.2, -0.15) is 0 Å². The van der Waals surface area contributed by atoms with Crippen LogP contribution in [-0.4, -0.2) is 28.2 Å². The molecule has 0 aliphatic heterocycles. The van der Waals surface area contributed by atoms with Gasteiger partial charge in [0.2, 0.25) is 0 Å². The summed E-state index contributed by atoms with van der Waals surface area (Å²) in [7, 11) is 0. The topological polar surface area (TPSA) is 82.5 Å². The number of imidazole rings is 1.